The van der Waals surface area contributed by atoms with E-state index < -0.39 is 5.97 Å². The first-order valence-corrected chi connectivity index (χ1v) is 7.53. The van der Waals surface area contributed by atoms with Gasteiger partial charge in [-0.05, 0) is 51.0 Å². The minimum atomic E-state index is -0.604. The van der Waals surface area contributed by atoms with Crippen molar-refractivity contribution < 1.29 is 9.90 Å². The van der Waals surface area contributed by atoms with E-state index in [1.165, 1.54) is 32.2 Å². The van der Waals surface area contributed by atoms with Gasteiger partial charge in [0, 0.05) is 12.6 Å². The SMILES string of the molecule is CC1CCC(CN2CCC(C(=O)O)CC2C)CC1. The van der Waals surface area contributed by atoms with E-state index in [0.717, 1.165) is 31.2 Å². The zero-order valence-electron chi connectivity index (χ0n) is 11.8. The molecule has 0 aromatic carbocycles. The third-order valence-corrected chi connectivity index (χ3v) is 4.99. The van der Waals surface area contributed by atoms with Crippen molar-refractivity contribution in [1.82, 2.24) is 4.90 Å². The van der Waals surface area contributed by atoms with E-state index in [4.69, 9.17) is 5.11 Å². The molecular formula is C15H27NO2. The van der Waals surface area contributed by atoms with Crippen LogP contribution in [0.4, 0.5) is 0 Å². The van der Waals surface area contributed by atoms with Crippen molar-refractivity contribution in [3.05, 3.63) is 0 Å². The fourth-order valence-electron chi connectivity index (χ4n) is 3.56. The van der Waals surface area contributed by atoms with Crippen molar-refractivity contribution in [3.63, 3.8) is 0 Å². The molecule has 104 valence electrons. The number of piperidine rings is 1. The summed E-state index contributed by atoms with van der Waals surface area (Å²) >= 11 is 0. The molecule has 1 aliphatic heterocycles. The molecule has 2 aliphatic rings. The van der Waals surface area contributed by atoms with Gasteiger partial charge >= 0.3 is 5.97 Å². The number of hydrogen-bond acceptors (Lipinski definition) is 2. The molecule has 2 unspecified atom stereocenters. The Balaban J connectivity index is 1.78. The van der Waals surface area contributed by atoms with Gasteiger partial charge in [-0.1, -0.05) is 19.8 Å². The highest BCUT2D eigenvalue weighted by molar-refractivity contribution is 5.70. The van der Waals surface area contributed by atoms with Gasteiger partial charge in [-0.15, -0.1) is 0 Å². The summed E-state index contributed by atoms with van der Waals surface area (Å²) in [7, 11) is 0. The fraction of sp³-hybridized carbons (Fsp3) is 0.933. The van der Waals surface area contributed by atoms with E-state index in [-0.39, 0.29) is 5.92 Å². The molecule has 1 saturated carbocycles. The Bertz CT molecular complexity index is 284. The van der Waals surface area contributed by atoms with E-state index in [0.29, 0.717) is 6.04 Å². The second-order valence-electron chi connectivity index (χ2n) is 6.53. The average molecular weight is 253 g/mol. The van der Waals surface area contributed by atoms with E-state index in [1.54, 1.807) is 0 Å². The quantitative estimate of drug-likeness (QED) is 0.840. The number of carboxylic acid groups (broad SMARTS) is 1. The average Bonchev–Trinajstić information content (AvgIpc) is 2.34. The minimum absolute atomic E-state index is 0.109. The van der Waals surface area contributed by atoms with Crippen LogP contribution in [0.25, 0.3) is 0 Å². The highest BCUT2D eigenvalue weighted by Gasteiger charge is 2.31. The molecule has 0 radical (unpaired) electrons. The van der Waals surface area contributed by atoms with Crippen LogP contribution in [-0.4, -0.2) is 35.1 Å². The minimum Gasteiger partial charge on any atom is -0.481 e. The molecular weight excluding hydrogens is 226 g/mol. The summed E-state index contributed by atoms with van der Waals surface area (Å²) in [6, 6.07) is 0.444. The fourth-order valence-corrected chi connectivity index (χ4v) is 3.56. The third kappa shape index (κ3) is 3.47. The maximum Gasteiger partial charge on any atom is 0.306 e. The van der Waals surface area contributed by atoms with Crippen molar-refractivity contribution in [2.24, 2.45) is 17.8 Å². The zero-order chi connectivity index (χ0) is 13.1. The number of nitrogens with zero attached hydrogens (tertiary/aromatic N) is 1. The molecule has 1 heterocycles. The van der Waals surface area contributed by atoms with Crippen LogP contribution in [0.1, 0.15) is 52.4 Å². The molecule has 0 aromatic heterocycles. The van der Waals surface area contributed by atoms with Gasteiger partial charge in [0.05, 0.1) is 5.92 Å². The topological polar surface area (TPSA) is 40.5 Å². The number of carbonyl (C=O) groups is 1. The Morgan fingerprint density at radius 3 is 2.39 bits per heavy atom. The summed E-state index contributed by atoms with van der Waals surface area (Å²) in [5.74, 6) is 1.05. The standard InChI is InChI=1S/C15H27NO2/c1-11-3-5-13(6-4-11)10-16-8-7-14(15(17)18)9-12(16)2/h11-14H,3-10H2,1-2H3,(H,17,18). The van der Waals surface area contributed by atoms with Crippen LogP contribution >= 0.6 is 0 Å². The van der Waals surface area contributed by atoms with Crippen LogP contribution in [-0.2, 0) is 4.79 Å². The van der Waals surface area contributed by atoms with Crippen LogP contribution in [0, 0.1) is 17.8 Å². The molecule has 2 fully saturated rings. The summed E-state index contributed by atoms with van der Waals surface area (Å²) in [5, 5.41) is 9.07. The van der Waals surface area contributed by atoms with Crippen LogP contribution in [0.15, 0.2) is 0 Å². The molecule has 0 amide bonds. The lowest BCUT2D eigenvalue weighted by Crippen LogP contribution is -2.45. The van der Waals surface area contributed by atoms with Gasteiger partial charge < -0.3 is 10.0 Å². The van der Waals surface area contributed by atoms with E-state index in [9.17, 15) is 4.79 Å². The molecule has 2 rings (SSSR count). The van der Waals surface area contributed by atoms with Gasteiger partial charge in [0.2, 0.25) is 0 Å². The van der Waals surface area contributed by atoms with Crippen LogP contribution < -0.4 is 0 Å². The molecule has 2 atom stereocenters. The van der Waals surface area contributed by atoms with Crippen LogP contribution in [0.3, 0.4) is 0 Å². The number of aliphatic carboxylic acids is 1. The Morgan fingerprint density at radius 2 is 1.83 bits per heavy atom. The summed E-state index contributed by atoms with van der Waals surface area (Å²) < 4.78 is 0. The molecule has 0 bridgehead atoms. The number of rotatable bonds is 3. The Hall–Kier alpha value is -0.570. The van der Waals surface area contributed by atoms with Crippen LogP contribution in [0.5, 0.6) is 0 Å². The van der Waals surface area contributed by atoms with Gasteiger partial charge in [0.1, 0.15) is 0 Å². The molecule has 3 heteroatoms. The lowest BCUT2D eigenvalue weighted by molar-refractivity contribution is -0.144. The lowest BCUT2D eigenvalue weighted by atomic mass is 9.82. The molecule has 1 aliphatic carbocycles. The summed E-state index contributed by atoms with van der Waals surface area (Å²) in [6.07, 6.45) is 7.16. The predicted molar refractivity (Wildman–Crippen MR) is 72.5 cm³/mol. The van der Waals surface area contributed by atoms with E-state index in [2.05, 4.69) is 18.7 Å². The van der Waals surface area contributed by atoms with Crippen LogP contribution in [0.2, 0.25) is 0 Å². The van der Waals surface area contributed by atoms with Crippen molar-refractivity contribution >= 4 is 5.97 Å². The molecule has 3 nitrogen and oxygen atoms in total. The molecule has 1 N–H and O–H groups in total. The lowest BCUT2D eigenvalue weighted by Gasteiger charge is -2.39. The second kappa shape index (κ2) is 6.05. The second-order valence-corrected chi connectivity index (χ2v) is 6.53. The van der Waals surface area contributed by atoms with Crippen molar-refractivity contribution in [3.8, 4) is 0 Å². The van der Waals surface area contributed by atoms with Gasteiger partial charge in [0.15, 0.2) is 0 Å². The van der Waals surface area contributed by atoms with Crippen molar-refractivity contribution in [2.75, 3.05) is 13.1 Å². The largest absolute Gasteiger partial charge is 0.481 e. The summed E-state index contributed by atoms with van der Waals surface area (Å²) in [5.41, 5.74) is 0. The first kappa shape index (κ1) is 13.9. The van der Waals surface area contributed by atoms with E-state index in [1.807, 2.05) is 0 Å². The smallest absolute Gasteiger partial charge is 0.306 e. The van der Waals surface area contributed by atoms with Crippen molar-refractivity contribution in [1.29, 1.82) is 0 Å². The molecule has 0 spiro atoms. The first-order chi connectivity index (χ1) is 8.56. The number of likely N-dealkylation sites (tertiary alicyclic amines) is 1. The Labute approximate surface area is 111 Å². The predicted octanol–water partition coefficient (Wildman–Crippen LogP) is 3.00. The van der Waals surface area contributed by atoms with Gasteiger partial charge in [-0.3, -0.25) is 4.79 Å². The third-order valence-electron chi connectivity index (χ3n) is 4.99. The highest BCUT2D eigenvalue weighted by Crippen LogP contribution is 2.31. The normalized spacial score (nSPS) is 38.6. The Morgan fingerprint density at radius 1 is 1.17 bits per heavy atom. The zero-order valence-corrected chi connectivity index (χ0v) is 11.8. The number of hydrogen-bond donors (Lipinski definition) is 1. The maximum absolute atomic E-state index is 11.0. The van der Waals surface area contributed by atoms with Gasteiger partial charge in [0.25, 0.3) is 0 Å². The molecule has 1 saturated heterocycles. The van der Waals surface area contributed by atoms with Gasteiger partial charge in [-0.2, -0.15) is 0 Å². The first-order valence-electron chi connectivity index (χ1n) is 7.53. The van der Waals surface area contributed by atoms with Crippen molar-refractivity contribution in [2.45, 2.75) is 58.4 Å². The molecule has 18 heavy (non-hydrogen) atoms. The monoisotopic (exact) mass is 253 g/mol. The maximum atomic E-state index is 11.0. The highest BCUT2D eigenvalue weighted by atomic mass is 16.4. The Kier molecular flexibility index (Phi) is 4.66. The summed E-state index contributed by atoms with van der Waals surface area (Å²) in [6.45, 7) is 6.72. The molecule has 0 aromatic rings. The number of carboxylic acids is 1. The van der Waals surface area contributed by atoms with E-state index >= 15 is 0 Å². The van der Waals surface area contributed by atoms with Gasteiger partial charge in [-0.25, -0.2) is 0 Å². The summed E-state index contributed by atoms with van der Waals surface area (Å²) in [4.78, 5) is 13.5.